The Morgan fingerprint density at radius 2 is 2.11 bits per heavy atom. The molecule has 0 radical (unpaired) electrons. The summed E-state index contributed by atoms with van der Waals surface area (Å²) >= 11 is 0. The number of amides is 1. The number of phenolic OH excluding ortho intramolecular Hbond substituents is 2. The number of aromatic hydroxyl groups is 2. The lowest BCUT2D eigenvalue weighted by molar-refractivity contribution is 0.0578. The van der Waals surface area contributed by atoms with E-state index in [-0.39, 0.29) is 17.4 Å². The number of para-hydroxylation sites is 1. The number of hydrogen-bond donors (Lipinski definition) is 4. The van der Waals surface area contributed by atoms with E-state index < -0.39 is 17.8 Å². The van der Waals surface area contributed by atoms with Gasteiger partial charge in [-0.3, -0.25) is 4.79 Å². The first kappa shape index (κ1) is 12.7. The Morgan fingerprint density at radius 3 is 2.72 bits per heavy atom. The lowest BCUT2D eigenvalue weighted by atomic mass is 10.1. The summed E-state index contributed by atoms with van der Waals surface area (Å²) < 4.78 is 0. The minimum atomic E-state index is -0.626. The van der Waals surface area contributed by atoms with Gasteiger partial charge in [-0.15, -0.1) is 0 Å². The number of likely N-dealkylation sites (N-methyl/N-ethyl adjacent to an activating group) is 1. The van der Waals surface area contributed by atoms with Crippen LogP contribution >= 0.6 is 0 Å². The van der Waals surface area contributed by atoms with E-state index >= 15 is 0 Å². The maximum absolute atomic E-state index is 12.2. The fourth-order valence-electron chi connectivity index (χ4n) is 2.09. The number of rotatable bonds is 2. The highest BCUT2D eigenvalue weighted by molar-refractivity contribution is 5.97. The number of aliphatic hydroxyl groups excluding tert-OH is 1. The van der Waals surface area contributed by atoms with Gasteiger partial charge in [0.15, 0.2) is 11.5 Å². The van der Waals surface area contributed by atoms with Gasteiger partial charge in [-0.05, 0) is 12.1 Å². The normalized spacial score (nSPS) is 23.0. The Hall–Kier alpha value is -1.79. The van der Waals surface area contributed by atoms with Gasteiger partial charge in [0.2, 0.25) is 0 Å². The minimum absolute atomic E-state index is 0.0246. The molecule has 98 valence electrons. The number of nitrogens with one attached hydrogen (secondary N) is 1. The second-order valence-electron chi connectivity index (χ2n) is 4.38. The number of β-amino-alcohol motifs (C(OH)–C–C–N with tert-alkyl or cyclic N) is 1. The predicted octanol–water partition coefficient (Wildman–Crippen LogP) is -0.498. The number of benzene rings is 1. The van der Waals surface area contributed by atoms with Gasteiger partial charge < -0.3 is 25.5 Å². The van der Waals surface area contributed by atoms with Crippen molar-refractivity contribution in [3.63, 3.8) is 0 Å². The van der Waals surface area contributed by atoms with Crippen LogP contribution in [0.25, 0.3) is 0 Å². The van der Waals surface area contributed by atoms with E-state index in [1.54, 1.807) is 7.05 Å². The van der Waals surface area contributed by atoms with Crippen molar-refractivity contribution in [3.8, 4) is 11.5 Å². The molecule has 1 saturated heterocycles. The highest BCUT2D eigenvalue weighted by atomic mass is 16.3. The highest BCUT2D eigenvalue weighted by Crippen LogP contribution is 2.29. The molecule has 2 atom stereocenters. The Kier molecular flexibility index (Phi) is 3.40. The molecular weight excluding hydrogens is 236 g/mol. The molecule has 1 amide bonds. The number of phenols is 2. The summed E-state index contributed by atoms with van der Waals surface area (Å²) in [6.45, 7) is 0.942. The van der Waals surface area contributed by atoms with Crippen molar-refractivity contribution in [2.45, 2.75) is 12.1 Å². The van der Waals surface area contributed by atoms with E-state index in [1.807, 2.05) is 0 Å². The molecule has 0 unspecified atom stereocenters. The Bertz CT molecular complexity index is 463. The molecule has 0 bridgehead atoms. The van der Waals surface area contributed by atoms with Gasteiger partial charge in [-0.2, -0.15) is 0 Å². The number of carbonyl (C=O) groups excluding carboxylic acids is 1. The van der Waals surface area contributed by atoms with Crippen LogP contribution in [0.1, 0.15) is 10.4 Å². The van der Waals surface area contributed by atoms with Crippen LogP contribution in [0, 0.1) is 0 Å². The maximum Gasteiger partial charge on any atom is 0.257 e. The number of aliphatic hydroxyl groups is 1. The van der Waals surface area contributed by atoms with Crippen LogP contribution in [0.2, 0.25) is 0 Å². The lowest BCUT2D eigenvalue weighted by Gasteiger charge is -2.26. The van der Waals surface area contributed by atoms with Crippen LogP contribution in [0.15, 0.2) is 18.2 Å². The van der Waals surface area contributed by atoms with E-state index in [0.717, 1.165) is 0 Å². The molecule has 0 spiro atoms. The van der Waals surface area contributed by atoms with Crippen LogP contribution in [0.5, 0.6) is 11.5 Å². The molecule has 6 nitrogen and oxygen atoms in total. The van der Waals surface area contributed by atoms with E-state index in [2.05, 4.69) is 5.32 Å². The van der Waals surface area contributed by atoms with Gasteiger partial charge in [0.05, 0.1) is 17.7 Å². The third-order valence-corrected chi connectivity index (χ3v) is 3.21. The Morgan fingerprint density at radius 1 is 1.39 bits per heavy atom. The zero-order valence-electron chi connectivity index (χ0n) is 10.00. The third-order valence-electron chi connectivity index (χ3n) is 3.21. The van der Waals surface area contributed by atoms with Crippen molar-refractivity contribution in [1.82, 2.24) is 10.2 Å². The number of hydrogen-bond acceptors (Lipinski definition) is 5. The van der Waals surface area contributed by atoms with E-state index in [4.69, 9.17) is 0 Å². The third kappa shape index (κ3) is 2.12. The van der Waals surface area contributed by atoms with E-state index in [0.29, 0.717) is 13.1 Å². The lowest BCUT2D eigenvalue weighted by Crippen LogP contribution is -2.44. The minimum Gasteiger partial charge on any atom is -0.504 e. The first-order chi connectivity index (χ1) is 8.52. The second kappa shape index (κ2) is 4.83. The van der Waals surface area contributed by atoms with Crippen molar-refractivity contribution in [1.29, 1.82) is 0 Å². The fraction of sp³-hybridized carbons (Fsp3) is 0.417. The molecule has 1 aliphatic heterocycles. The first-order valence-electron chi connectivity index (χ1n) is 5.69. The van der Waals surface area contributed by atoms with Gasteiger partial charge in [0, 0.05) is 20.1 Å². The molecule has 0 saturated carbocycles. The molecule has 4 N–H and O–H groups in total. The van der Waals surface area contributed by atoms with Crippen molar-refractivity contribution >= 4 is 5.91 Å². The zero-order chi connectivity index (χ0) is 13.3. The number of nitrogens with zero attached hydrogens (tertiary/aromatic N) is 1. The zero-order valence-corrected chi connectivity index (χ0v) is 10.00. The molecule has 18 heavy (non-hydrogen) atoms. The summed E-state index contributed by atoms with van der Waals surface area (Å²) in [5.74, 6) is -1.20. The summed E-state index contributed by atoms with van der Waals surface area (Å²) in [5.41, 5.74) is 0.0246. The molecule has 1 heterocycles. The molecule has 0 aromatic heterocycles. The number of carbonyl (C=O) groups is 1. The summed E-state index contributed by atoms with van der Waals surface area (Å²) in [6, 6.07) is 3.89. The second-order valence-corrected chi connectivity index (χ2v) is 4.38. The van der Waals surface area contributed by atoms with Gasteiger partial charge in [0.1, 0.15) is 0 Å². The molecule has 1 aromatic carbocycles. The highest BCUT2D eigenvalue weighted by Gasteiger charge is 2.32. The SMILES string of the molecule is CN(C(=O)c1cccc(O)c1O)[C@H]1CNC[C@@H]1O. The van der Waals surface area contributed by atoms with Gasteiger partial charge in [0.25, 0.3) is 5.91 Å². The summed E-state index contributed by atoms with van der Waals surface area (Å²) in [5, 5.41) is 31.7. The van der Waals surface area contributed by atoms with Crippen LogP contribution in [0.4, 0.5) is 0 Å². The van der Waals surface area contributed by atoms with Crippen molar-refractivity contribution < 1.29 is 20.1 Å². The molecule has 2 rings (SSSR count). The predicted molar refractivity (Wildman–Crippen MR) is 64.5 cm³/mol. The smallest absolute Gasteiger partial charge is 0.257 e. The van der Waals surface area contributed by atoms with Crippen molar-refractivity contribution in [2.24, 2.45) is 0 Å². The van der Waals surface area contributed by atoms with E-state index in [9.17, 15) is 20.1 Å². The molecule has 1 aromatic rings. The topological polar surface area (TPSA) is 93.0 Å². The van der Waals surface area contributed by atoms with Crippen LogP contribution < -0.4 is 5.32 Å². The average molecular weight is 252 g/mol. The first-order valence-corrected chi connectivity index (χ1v) is 5.69. The monoisotopic (exact) mass is 252 g/mol. The summed E-state index contributed by atoms with van der Waals surface area (Å²) in [7, 11) is 1.56. The van der Waals surface area contributed by atoms with Crippen molar-refractivity contribution in [2.75, 3.05) is 20.1 Å². The Balaban J connectivity index is 2.23. The van der Waals surface area contributed by atoms with Crippen LogP contribution in [-0.2, 0) is 0 Å². The molecule has 1 aliphatic rings. The Labute approximate surface area is 104 Å². The van der Waals surface area contributed by atoms with Crippen LogP contribution in [0.3, 0.4) is 0 Å². The van der Waals surface area contributed by atoms with Gasteiger partial charge >= 0.3 is 0 Å². The van der Waals surface area contributed by atoms with Gasteiger partial charge in [-0.1, -0.05) is 6.07 Å². The maximum atomic E-state index is 12.2. The average Bonchev–Trinajstić information content (AvgIpc) is 2.77. The van der Waals surface area contributed by atoms with Crippen molar-refractivity contribution in [3.05, 3.63) is 23.8 Å². The van der Waals surface area contributed by atoms with Gasteiger partial charge in [-0.25, -0.2) is 0 Å². The fourth-order valence-corrected chi connectivity index (χ4v) is 2.09. The standard InChI is InChI=1S/C12H16N2O4/c1-14(8-5-13-6-10(8)16)12(18)7-3-2-4-9(15)11(7)17/h2-4,8,10,13,15-17H,5-6H2,1H3/t8-,10-/m0/s1. The summed E-state index contributed by atoms with van der Waals surface area (Å²) in [4.78, 5) is 13.5. The largest absolute Gasteiger partial charge is 0.504 e. The molecule has 1 fully saturated rings. The quantitative estimate of drug-likeness (QED) is 0.533. The molecule has 0 aliphatic carbocycles. The van der Waals surface area contributed by atoms with E-state index in [1.165, 1.54) is 23.1 Å². The molecule has 6 heteroatoms. The summed E-state index contributed by atoms with van der Waals surface area (Å²) in [6.07, 6.45) is -0.626. The van der Waals surface area contributed by atoms with Crippen LogP contribution in [-0.4, -0.2) is 58.4 Å². The molecular formula is C12H16N2O4.